The van der Waals surface area contributed by atoms with Gasteiger partial charge in [-0.15, -0.1) is 0 Å². The van der Waals surface area contributed by atoms with E-state index in [0.29, 0.717) is 0 Å². The van der Waals surface area contributed by atoms with Crippen molar-refractivity contribution >= 4 is 27.4 Å². The van der Waals surface area contributed by atoms with Crippen LogP contribution in [0.25, 0.3) is 0 Å². The molecule has 2 nitrogen and oxygen atoms in total. The standard InChI is InChI=1S/C13H13BrN2/c1-9-3-4-12(11(14)7-9)16-13-8-10(2)5-6-15-13/h3-8H,1-2H3,(H,15,16). The number of rotatable bonds is 2. The Balaban J connectivity index is 2.27. The Morgan fingerprint density at radius 2 is 1.81 bits per heavy atom. The molecule has 16 heavy (non-hydrogen) atoms. The van der Waals surface area contributed by atoms with Gasteiger partial charge in [0, 0.05) is 10.7 Å². The summed E-state index contributed by atoms with van der Waals surface area (Å²) < 4.78 is 1.05. The van der Waals surface area contributed by atoms with Crippen molar-refractivity contribution in [2.24, 2.45) is 0 Å². The van der Waals surface area contributed by atoms with Crippen LogP contribution in [0.1, 0.15) is 11.1 Å². The van der Waals surface area contributed by atoms with E-state index in [1.165, 1.54) is 11.1 Å². The molecule has 1 aromatic carbocycles. The first-order valence-electron chi connectivity index (χ1n) is 5.11. The molecule has 0 aliphatic heterocycles. The monoisotopic (exact) mass is 276 g/mol. The van der Waals surface area contributed by atoms with Crippen LogP contribution in [-0.4, -0.2) is 4.98 Å². The molecule has 2 rings (SSSR count). The quantitative estimate of drug-likeness (QED) is 0.889. The smallest absolute Gasteiger partial charge is 0.130 e. The fourth-order valence-corrected chi connectivity index (χ4v) is 2.06. The van der Waals surface area contributed by atoms with Crippen LogP contribution in [0.3, 0.4) is 0 Å². The third-order valence-corrected chi connectivity index (χ3v) is 2.96. The number of aromatic nitrogens is 1. The van der Waals surface area contributed by atoms with Crippen LogP contribution in [0.5, 0.6) is 0 Å². The summed E-state index contributed by atoms with van der Waals surface area (Å²) in [6.45, 7) is 4.12. The molecular weight excluding hydrogens is 264 g/mol. The number of anilines is 2. The van der Waals surface area contributed by atoms with Gasteiger partial charge >= 0.3 is 0 Å². The molecule has 0 saturated heterocycles. The van der Waals surface area contributed by atoms with E-state index < -0.39 is 0 Å². The van der Waals surface area contributed by atoms with Gasteiger partial charge in [0.15, 0.2) is 0 Å². The molecule has 0 spiro atoms. The summed E-state index contributed by atoms with van der Waals surface area (Å²) in [6.07, 6.45) is 1.81. The highest BCUT2D eigenvalue weighted by Gasteiger charge is 2.01. The lowest BCUT2D eigenvalue weighted by atomic mass is 10.2. The summed E-state index contributed by atoms with van der Waals surface area (Å²) in [6, 6.07) is 10.2. The molecule has 0 radical (unpaired) electrons. The third-order valence-electron chi connectivity index (χ3n) is 2.30. The molecule has 1 N–H and O–H groups in total. The number of aryl methyl sites for hydroxylation is 2. The van der Waals surface area contributed by atoms with Gasteiger partial charge in [-0.05, 0) is 65.2 Å². The zero-order valence-electron chi connectivity index (χ0n) is 9.29. The largest absolute Gasteiger partial charge is 0.339 e. The Bertz CT molecular complexity index is 509. The average molecular weight is 277 g/mol. The Kier molecular flexibility index (Phi) is 3.25. The lowest BCUT2D eigenvalue weighted by Crippen LogP contribution is -1.94. The van der Waals surface area contributed by atoms with Gasteiger partial charge < -0.3 is 5.32 Å². The summed E-state index contributed by atoms with van der Waals surface area (Å²) in [5.74, 6) is 0.865. The minimum absolute atomic E-state index is 0.865. The van der Waals surface area contributed by atoms with Crippen molar-refractivity contribution in [1.29, 1.82) is 0 Å². The Labute approximate surface area is 104 Å². The molecule has 0 fully saturated rings. The van der Waals surface area contributed by atoms with Crippen LogP contribution >= 0.6 is 15.9 Å². The predicted octanol–water partition coefficient (Wildman–Crippen LogP) is 4.20. The summed E-state index contributed by atoms with van der Waals surface area (Å²) >= 11 is 3.53. The van der Waals surface area contributed by atoms with Crippen molar-refractivity contribution in [3.8, 4) is 0 Å². The van der Waals surface area contributed by atoms with E-state index >= 15 is 0 Å². The SMILES string of the molecule is Cc1ccnc(Nc2ccc(C)cc2Br)c1. The number of nitrogens with zero attached hydrogens (tertiary/aromatic N) is 1. The molecule has 0 aliphatic rings. The molecule has 0 saturated carbocycles. The van der Waals surface area contributed by atoms with Gasteiger partial charge in [0.1, 0.15) is 5.82 Å². The van der Waals surface area contributed by atoms with Crippen molar-refractivity contribution in [3.63, 3.8) is 0 Å². The minimum Gasteiger partial charge on any atom is -0.339 e. The van der Waals surface area contributed by atoms with Gasteiger partial charge in [0.05, 0.1) is 5.69 Å². The number of hydrogen-bond donors (Lipinski definition) is 1. The fraction of sp³-hybridized carbons (Fsp3) is 0.154. The lowest BCUT2D eigenvalue weighted by molar-refractivity contribution is 1.27. The van der Waals surface area contributed by atoms with Gasteiger partial charge in [-0.2, -0.15) is 0 Å². The number of hydrogen-bond acceptors (Lipinski definition) is 2. The first kappa shape index (κ1) is 11.1. The van der Waals surface area contributed by atoms with Crippen LogP contribution in [-0.2, 0) is 0 Å². The average Bonchev–Trinajstić information content (AvgIpc) is 2.22. The van der Waals surface area contributed by atoms with E-state index in [1.54, 1.807) is 6.20 Å². The van der Waals surface area contributed by atoms with Crippen LogP contribution < -0.4 is 5.32 Å². The molecule has 0 amide bonds. The molecule has 3 heteroatoms. The Morgan fingerprint density at radius 1 is 1.06 bits per heavy atom. The second-order valence-corrected chi connectivity index (χ2v) is 4.68. The van der Waals surface area contributed by atoms with E-state index in [1.807, 2.05) is 18.2 Å². The van der Waals surface area contributed by atoms with E-state index in [-0.39, 0.29) is 0 Å². The molecule has 0 bridgehead atoms. The van der Waals surface area contributed by atoms with E-state index in [2.05, 4.69) is 52.2 Å². The third kappa shape index (κ3) is 2.61. The summed E-state index contributed by atoms with van der Waals surface area (Å²) in [5, 5.41) is 3.28. The Hall–Kier alpha value is -1.35. The summed E-state index contributed by atoms with van der Waals surface area (Å²) in [5.41, 5.74) is 3.46. The predicted molar refractivity (Wildman–Crippen MR) is 71.1 cm³/mol. The molecule has 82 valence electrons. The van der Waals surface area contributed by atoms with Crippen molar-refractivity contribution in [2.45, 2.75) is 13.8 Å². The molecular formula is C13H13BrN2. The normalized spacial score (nSPS) is 10.2. The van der Waals surface area contributed by atoms with E-state index in [0.717, 1.165) is 16.0 Å². The minimum atomic E-state index is 0.865. The molecule has 1 aromatic heterocycles. The van der Waals surface area contributed by atoms with Crippen LogP contribution in [0.4, 0.5) is 11.5 Å². The zero-order valence-corrected chi connectivity index (χ0v) is 10.9. The second-order valence-electron chi connectivity index (χ2n) is 3.83. The Morgan fingerprint density at radius 3 is 2.50 bits per heavy atom. The maximum atomic E-state index is 4.27. The fourth-order valence-electron chi connectivity index (χ4n) is 1.46. The van der Waals surface area contributed by atoms with E-state index in [9.17, 15) is 0 Å². The summed E-state index contributed by atoms with van der Waals surface area (Å²) in [7, 11) is 0. The molecule has 1 heterocycles. The first-order chi connectivity index (χ1) is 7.65. The van der Waals surface area contributed by atoms with Crippen molar-refractivity contribution in [2.75, 3.05) is 5.32 Å². The second kappa shape index (κ2) is 4.66. The highest BCUT2D eigenvalue weighted by atomic mass is 79.9. The topological polar surface area (TPSA) is 24.9 Å². The lowest BCUT2D eigenvalue weighted by Gasteiger charge is -2.08. The summed E-state index contributed by atoms with van der Waals surface area (Å²) in [4.78, 5) is 4.27. The van der Waals surface area contributed by atoms with Gasteiger partial charge in [0.2, 0.25) is 0 Å². The van der Waals surface area contributed by atoms with Gasteiger partial charge in [-0.3, -0.25) is 0 Å². The van der Waals surface area contributed by atoms with Gasteiger partial charge in [-0.1, -0.05) is 6.07 Å². The van der Waals surface area contributed by atoms with E-state index in [4.69, 9.17) is 0 Å². The van der Waals surface area contributed by atoms with Crippen LogP contribution in [0.15, 0.2) is 41.0 Å². The van der Waals surface area contributed by atoms with Gasteiger partial charge in [-0.25, -0.2) is 4.98 Å². The van der Waals surface area contributed by atoms with Crippen molar-refractivity contribution in [3.05, 3.63) is 52.1 Å². The molecule has 2 aromatic rings. The maximum absolute atomic E-state index is 4.27. The zero-order chi connectivity index (χ0) is 11.5. The highest BCUT2D eigenvalue weighted by molar-refractivity contribution is 9.10. The number of benzene rings is 1. The van der Waals surface area contributed by atoms with Crippen molar-refractivity contribution < 1.29 is 0 Å². The number of nitrogens with one attached hydrogen (secondary N) is 1. The first-order valence-corrected chi connectivity index (χ1v) is 5.90. The van der Waals surface area contributed by atoms with Crippen molar-refractivity contribution in [1.82, 2.24) is 4.98 Å². The number of pyridine rings is 1. The molecule has 0 aliphatic carbocycles. The number of halogens is 1. The van der Waals surface area contributed by atoms with Gasteiger partial charge in [0.25, 0.3) is 0 Å². The molecule has 0 atom stereocenters. The molecule has 0 unspecified atom stereocenters. The maximum Gasteiger partial charge on any atom is 0.130 e. The van der Waals surface area contributed by atoms with Crippen LogP contribution in [0.2, 0.25) is 0 Å². The highest BCUT2D eigenvalue weighted by Crippen LogP contribution is 2.26. The van der Waals surface area contributed by atoms with Crippen LogP contribution in [0, 0.1) is 13.8 Å².